The molecule has 1 aliphatic carbocycles. The zero-order valence-electron chi connectivity index (χ0n) is 19.3. The minimum atomic E-state index is -0.758. The fourth-order valence-electron chi connectivity index (χ4n) is 4.35. The molecule has 2 aromatic carbocycles. The molecule has 0 spiro atoms. The maximum Gasteiger partial charge on any atom is 0.254 e. The number of nitrogens with two attached hydrogens (primary N) is 1. The first-order chi connectivity index (χ1) is 17.4. The van der Waals surface area contributed by atoms with Gasteiger partial charge in [-0.2, -0.15) is 0 Å². The maximum atomic E-state index is 15.1. The summed E-state index contributed by atoms with van der Waals surface area (Å²) in [7, 11) is 0. The summed E-state index contributed by atoms with van der Waals surface area (Å²) in [4.78, 5) is 24.5. The van der Waals surface area contributed by atoms with Crippen LogP contribution in [0, 0.1) is 5.82 Å². The molecule has 186 valence electrons. The van der Waals surface area contributed by atoms with Gasteiger partial charge in [-0.05, 0) is 61.0 Å². The largest absolute Gasteiger partial charge is 0.393 e. The molecule has 0 saturated heterocycles. The van der Waals surface area contributed by atoms with Crippen LogP contribution in [0.25, 0.3) is 21.7 Å². The third-order valence-electron chi connectivity index (χ3n) is 6.31. The summed E-state index contributed by atoms with van der Waals surface area (Å²) < 4.78 is 15.1. The minimum absolute atomic E-state index is 0.0700. The van der Waals surface area contributed by atoms with Crippen molar-refractivity contribution < 1.29 is 14.3 Å². The number of nitrogen functional groups attached to an aromatic ring is 1. The number of rotatable bonds is 7. The minimum Gasteiger partial charge on any atom is -0.393 e. The molecular formula is C25H25ClFN7O2. The predicted molar refractivity (Wildman–Crippen MR) is 135 cm³/mol. The Kier molecular flexibility index (Phi) is 8.00. The van der Waals surface area contributed by atoms with Crippen LogP contribution in [0.4, 0.5) is 10.2 Å². The summed E-state index contributed by atoms with van der Waals surface area (Å²) in [6, 6.07) is 10.2. The van der Waals surface area contributed by atoms with Crippen molar-refractivity contribution in [2.45, 2.75) is 43.7 Å². The quantitative estimate of drug-likeness (QED) is 0.224. The first-order valence-corrected chi connectivity index (χ1v) is 11.9. The number of aromatic nitrogens is 2. The fourth-order valence-corrected chi connectivity index (χ4v) is 4.55. The van der Waals surface area contributed by atoms with Gasteiger partial charge < -0.3 is 16.2 Å². The Morgan fingerprint density at radius 1 is 1.28 bits per heavy atom. The van der Waals surface area contributed by atoms with E-state index >= 15 is 4.39 Å². The number of halogens is 2. The Labute approximate surface area is 212 Å². The molecule has 36 heavy (non-hydrogen) atoms. The first-order valence-electron chi connectivity index (χ1n) is 11.5. The molecule has 0 aliphatic heterocycles. The second-order valence-corrected chi connectivity index (χ2v) is 9.16. The summed E-state index contributed by atoms with van der Waals surface area (Å²) in [5, 5.41) is 16.5. The summed E-state index contributed by atoms with van der Waals surface area (Å²) in [5.41, 5.74) is 16.7. The van der Waals surface area contributed by atoms with Gasteiger partial charge in [-0.15, -0.1) is 0 Å². The Morgan fingerprint density at radius 2 is 2.06 bits per heavy atom. The molecule has 9 nitrogen and oxygen atoms in total. The third-order valence-corrected chi connectivity index (χ3v) is 6.54. The highest BCUT2D eigenvalue weighted by atomic mass is 35.5. The highest BCUT2D eigenvalue weighted by molar-refractivity contribution is 6.30. The van der Waals surface area contributed by atoms with Gasteiger partial charge in [-0.3, -0.25) is 4.79 Å². The normalized spacial score (nSPS) is 18.2. The average Bonchev–Trinajstić information content (AvgIpc) is 2.87. The van der Waals surface area contributed by atoms with E-state index in [4.69, 9.17) is 22.9 Å². The predicted octanol–water partition coefficient (Wildman–Crippen LogP) is 5.32. The first kappa shape index (κ1) is 25.4. The second kappa shape index (κ2) is 11.3. The van der Waals surface area contributed by atoms with Crippen LogP contribution in [0.3, 0.4) is 0 Å². The highest BCUT2D eigenvalue weighted by Gasteiger charge is 2.24. The number of nitrogens with zero attached hydrogens (tertiary/aromatic N) is 5. The smallest absolute Gasteiger partial charge is 0.254 e. The zero-order chi connectivity index (χ0) is 25.7. The lowest BCUT2D eigenvalue weighted by Gasteiger charge is -2.25. The molecule has 11 heteroatoms. The van der Waals surface area contributed by atoms with E-state index in [0.29, 0.717) is 34.7 Å². The lowest BCUT2D eigenvalue weighted by molar-refractivity contribution is 0.0933. The SMILES string of the molecule is [N-]=[N+]=NC[C@@H](NC(=O)c1ccc(-c2nc([C@H]3CC[C@@H](O)CC3)cnc2N)cc1F)c1cccc(Cl)c1. The zero-order valence-corrected chi connectivity index (χ0v) is 20.1. The van der Waals surface area contributed by atoms with Crippen LogP contribution < -0.4 is 11.1 Å². The van der Waals surface area contributed by atoms with Crippen LogP contribution in [0.2, 0.25) is 5.02 Å². The highest BCUT2D eigenvalue weighted by Crippen LogP contribution is 2.34. The van der Waals surface area contributed by atoms with Crippen molar-refractivity contribution in [3.8, 4) is 11.3 Å². The van der Waals surface area contributed by atoms with Crippen molar-refractivity contribution in [2.75, 3.05) is 12.3 Å². The molecule has 0 unspecified atom stereocenters. The molecule has 4 N–H and O–H groups in total. The number of aliphatic hydroxyl groups is 1. The molecule has 1 saturated carbocycles. The van der Waals surface area contributed by atoms with E-state index in [0.717, 1.165) is 18.5 Å². The van der Waals surface area contributed by atoms with Crippen LogP contribution in [-0.4, -0.2) is 33.6 Å². The fraction of sp³-hybridized carbons (Fsp3) is 0.320. The number of benzene rings is 2. The van der Waals surface area contributed by atoms with Crippen molar-refractivity contribution in [1.29, 1.82) is 0 Å². The number of carbonyl (C=O) groups excluding carboxylic acids is 1. The van der Waals surface area contributed by atoms with E-state index in [-0.39, 0.29) is 29.9 Å². The van der Waals surface area contributed by atoms with Gasteiger partial charge in [0.2, 0.25) is 0 Å². The topological polar surface area (TPSA) is 150 Å². The maximum absolute atomic E-state index is 15.1. The summed E-state index contributed by atoms with van der Waals surface area (Å²) in [6.45, 7) is -0.0700. The number of anilines is 1. The molecule has 1 aliphatic rings. The van der Waals surface area contributed by atoms with Gasteiger partial charge >= 0.3 is 0 Å². The molecule has 3 aromatic rings. The third kappa shape index (κ3) is 5.91. The van der Waals surface area contributed by atoms with Gasteiger partial charge in [0.25, 0.3) is 5.91 Å². The van der Waals surface area contributed by atoms with E-state index in [1.165, 1.54) is 12.1 Å². The van der Waals surface area contributed by atoms with Crippen LogP contribution in [0.15, 0.2) is 53.8 Å². The second-order valence-electron chi connectivity index (χ2n) is 8.72. The van der Waals surface area contributed by atoms with Crippen molar-refractivity contribution in [1.82, 2.24) is 15.3 Å². The molecule has 1 atom stereocenters. The Morgan fingerprint density at radius 3 is 2.75 bits per heavy atom. The van der Waals surface area contributed by atoms with Gasteiger partial charge in [0, 0.05) is 21.4 Å². The molecule has 1 aromatic heterocycles. The van der Waals surface area contributed by atoms with Gasteiger partial charge in [-0.1, -0.05) is 34.9 Å². The van der Waals surface area contributed by atoms with Crippen molar-refractivity contribution in [2.24, 2.45) is 5.11 Å². The van der Waals surface area contributed by atoms with Gasteiger partial charge in [0.05, 0.1) is 36.1 Å². The number of hydrogen-bond donors (Lipinski definition) is 3. The van der Waals surface area contributed by atoms with Crippen molar-refractivity contribution >= 4 is 23.3 Å². The summed E-state index contributed by atoms with van der Waals surface area (Å²) >= 11 is 6.05. The molecule has 0 bridgehead atoms. The molecule has 0 radical (unpaired) electrons. The number of nitrogens with one attached hydrogen (secondary N) is 1. The van der Waals surface area contributed by atoms with Crippen molar-refractivity contribution in [3.63, 3.8) is 0 Å². The van der Waals surface area contributed by atoms with E-state index in [9.17, 15) is 9.90 Å². The Hall–Kier alpha value is -3.72. The van der Waals surface area contributed by atoms with Gasteiger partial charge in [0.1, 0.15) is 17.3 Å². The summed E-state index contributed by atoms with van der Waals surface area (Å²) in [6.07, 6.45) is 4.30. The number of carbonyl (C=O) groups is 1. The number of hydrogen-bond acceptors (Lipinski definition) is 6. The molecule has 1 heterocycles. The average molecular weight is 510 g/mol. The van der Waals surface area contributed by atoms with Crippen LogP contribution in [0.1, 0.15) is 59.3 Å². The van der Waals surface area contributed by atoms with Crippen LogP contribution in [0.5, 0.6) is 0 Å². The lowest BCUT2D eigenvalue weighted by Crippen LogP contribution is -2.31. The lowest BCUT2D eigenvalue weighted by atomic mass is 9.85. The van der Waals surface area contributed by atoms with E-state index in [2.05, 4.69) is 25.3 Å². The molecule has 1 fully saturated rings. The summed E-state index contributed by atoms with van der Waals surface area (Å²) in [5.74, 6) is -1.13. The number of azide groups is 1. The van der Waals surface area contributed by atoms with Gasteiger partial charge in [-0.25, -0.2) is 14.4 Å². The van der Waals surface area contributed by atoms with Crippen molar-refractivity contribution in [3.05, 3.63) is 86.8 Å². The standard InChI is InChI=1S/C25H25ClFN7O2/c26-17-3-1-2-15(10-17)22(13-31-34-29)33-25(36)19-9-6-16(11-20(19)27)23-24(28)30-12-21(32-23)14-4-7-18(35)8-5-14/h1-3,6,9-12,14,18,22,35H,4-5,7-8,13H2,(H2,28,30)(H,33,36)/t14-,18+,22-/m1/s1. The van der Waals surface area contributed by atoms with Gasteiger partial charge in [0.15, 0.2) is 0 Å². The molecular weight excluding hydrogens is 485 g/mol. The monoisotopic (exact) mass is 509 g/mol. The van der Waals surface area contributed by atoms with E-state index < -0.39 is 17.8 Å². The molecule has 4 rings (SSSR count). The molecule has 1 amide bonds. The van der Waals surface area contributed by atoms with Crippen LogP contribution in [-0.2, 0) is 0 Å². The Balaban J connectivity index is 1.56. The Bertz CT molecular complexity index is 1310. The van der Waals surface area contributed by atoms with E-state index in [1.807, 2.05) is 0 Å². The number of amides is 1. The number of aliphatic hydroxyl groups excluding tert-OH is 1. The van der Waals surface area contributed by atoms with Crippen LogP contribution >= 0.6 is 11.6 Å². The van der Waals surface area contributed by atoms with E-state index in [1.54, 1.807) is 36.5 Å².